The van der Waals surface area contributed by atoms with Gasteiger partial charge in [0.1, 0.15) is 0 Å². The molecule has 1 atom stereocenters. The van der Waals surface area contributed by atoms with E-state index < -0.39 is 0 Å². The first-order valence-corrected chi connectivity index (χ1v) is 6.19. The summed E-state index contributed by atoms with van der Waals surface area (Å²) in [5.74, 6) is 0.201. The second-order valence-electron chi connectivity index (χ2n) is 4.62. The molecule has 0 radical (unpaired) electrons. The van der Waals surface area contributed by atoms with Crippen LogP contribution in [0.5, 0.6) is 0 Å². The average Bonchev–Trinajstić information content (AvgIpc) is 2.98. The molecule has 1 aliphatic heterocycles. The van der Waals surface area contributed by atoms with E-state index in [0.29, 0.717) is 19.0 Å². The molecule has 1 unspecified atom stereocenters. The summed E-state index contributed by atoms with van der Waals surface area (Å²) in [7, 11) is 1.89. The fraction of sp³-hybridized carbons (Fsp3) is 0.667. The summed E-state index contributed by atoms with van der Waals surface area (Å²) in [5, 5.41) is 3.40. The Balaban J connectivity index is 1.71. The summed E-state index contributed by atoms with van der Waals surface area (Å²) in [4.78, 5) is 17.7. The topological polar surface area (TPSA) is 50.2 Å². The zero-order chi connectivity index (χ0) is 12.1. The Labute approximate surface area is 102 Å². The van der Waals surface area contributed by atoms with E-state index in [9.17, 15) is 4.79 Å². The smallest absolute Gasteiger partial charge is 0.224 e. The van der Waals surface area contributed by atoms with Crippen molar-refractivity contribution in [2.45, 2.75) is 31.8 Å². The Hall–Kier alpha value is -1.36. The summed E-state index contributed by atoms with van der Waals surface area (Å²) in [6, 6.07) is 0.484. The Kier molecular flexibility index (Phi) is 4.14. The van der Waals surface area contributed by atoms with Gasteiger partial charge in [-0.05, 0) is 19.4 Å². The molecule has 1 fully saturated rings. The second-order valence-corrected chi connectivity index (χ2v) is 4.62. The molecule has 0 aliphatic carbocycles. The zero-order valence-electron chi connectivity index (χ0n) is 10.3. The molecule has 1 aliphatic rings. The quantitative estimate of drug-likeness (QED) is 0.809. The van der Waals surface area contributed by atoms with Crippen LogP contribution in [0, 0.1) is 0 Å². The van der Waals surface area contributed by atoms with Gasteiger partial charge >= 0.3 is 0 Å². The van der Waals surface area contributed by atoms with Gasteiger partial charge in [0.25, 0.3) is 0 Å². The van der Waals surface area contributed by atoms with Crippen molar-refractivity contribution in [2.24, 2.45) is 0 Å². The fourth-order valence-electron chi connectivity index (χ4n) is 2.18. The lowest BCUT2D eigenvalue weighted by Crippen LogP contribution is -2.38. The summed E-state index contributed by atoms with van der Waals surface area (Å²) in [6.45, 7) is 2.62. The lowest BCUT2D eigenvalue weighted by Gasteiger charge is -2.21. The first-order chi connectivity index (χ1) is 8.25. The minimum atomic E-state index is 0.201. The standard InChI is InChI=1S/C12H20N4O/c1-15(9-11-3-2-5-14-11)12(17)4-7-16-8-6-13-10-16/h6,8,10-11,14H,2-5,7,9H2,1H3. The SMILES string of the molecule is CN(CC1CCCN1)C(=O)CCn1ccnc1. The van der Waals surface area contributed by atoms with Crippen LogP contribution in [-0.4, -0.2) is 46.5 Å². The van der Waals surface area contributed by atoms with Gasteiger partial charge in [0.2, 0.25) is 5.91 Å². The molecule has 1 N–H and O–H groups in total. The highest BCUT2D eigenvalue weighted by atomic mass is 16.2. The van der Waals surface area contributed by atoms with Gasteiger partial charge in [-0.3, -0.25) is 4.79 Å². The summed E-state index contributed by atoms with van der Waals surface area (Å²) in [6.07, 6.45) is 8.30. The third-order valence-electron chi connectivity index (χ3n) is 3.23. The molecule has 0 aromatic carbocycles. The molecule has 0 saturated carbocycles. The Morgan fingerprint density at radius 3 is 3.18 bits per heavy atom. The van der Waals surface area contributed by atoms with Crippen LogP contribution in [-0.2, 0) is 11.3 Å². The Morgan fingerprint density at radius 1 is 1.65 bits per heavy atom. The number of rotatable bonds is 5. The van der Waals surface area contributed by atoms with Crippen molar-refractivity contribution >= 4 is 5.91 Å². The fourth-order valence-corrected chi connectivity index (χ4v) is 2.18. The molecule has 2 rings (SSSR count). The number of nitrogens with zero attached hydrogens (tertiary/aromatic N) is 3. The van der Waals surface area contributed by atoms with Gasteiger partial charge in [-0.15, -0.1) is 0 Å². The first-order valence-electron chi connectivity index (χ1n) is 6.19. The maximum Gasteiger partial charge on any atom is 0.224 e. The molecule has 94 valence electrons. The zero-order valence-corrected chi connectivity index (χ0v) is 10.3. The van der Waals surface area contributed by atoms with E-state index in [2.05, 4.69) is 10.3 Å². The van der Waals surface area contributed by atoms with Crippen molar-refractivity contribution in [3.05, 3.63) is 18.7 Å². The lowest BCUT2D eigenvalue weighted by atomic mass is 10.2. The normalized spacial score (nSPS) is 19.5. The number of hydrogen-bond donors (Lipinski definition) is 1. The van der Waals surface area contributed by atoms with Crippen LogP contribution >= 0.6 is 0 Å². The van der Waals surface area contributed by atoms with Crippen LogP contribution in [0.1, 0.15) is 19.3 Å². The van der Waals surface area contributed by atoms with Crippen LogP contribution in [0.15, 0.2) is 18.7 Å². The van der Waals surface area contributed by atoms with Gasteiger partial charge < -0.3 is 14.8 Å². The number of imidazole rings is 1. The summed E-state index contributed by atoms with van der Waals surface area (Å²) >= 11 is 0. The van der Waals surface area contributed by atoms with E-state index in [0.717, 1.165) is 13.1 Å². The highest BCUT2D eigenvalue weighted by molar-refractivity contribution is 5.75. The number of aryl methyl sites for hydroxylation is 1. The molecule has 1 aromatic rings. The molecule has 0 spiro atoms. The third kappa shape index (κ3) is 3.56. The molecule has 2 heterocycles. The maximum atomic E-state index is 11.9. The van der Waals surface area contributed by atoms with Crippen molar-refractivity contribution in [3.63, 3.8) is 0 Å². The number of hydrogen-bond acceptors (Lipinski definition) is 3. The Bertz CT molecular complexity index is 343. The van der Waals surface area contributed by atoms with E-state index in [-0.39, 0.29) is 5.91 Å². The van der Waals surface area contributed by atoms with Crippen molar-refractivity contribution < 1.29 is 4.79 Å². The Morgan fingerprint density at radius 2 is 2.53 bits per heavy atom. The molecular weight excluding hydrogens is 216 g/mol. The predicted octanol–water partition coefficient (Wildman–Crippen LogP) is 0.484. The molecule has 1 amide bonds. The minimum absolute atomic E-state index is 0.201. The van der Waals surface area contributed by atoms with E-state index in [1.807, 2.05) is 22.7 Å². The highest BCUT2D eigenvalue weighted by Crippen LogP contribution is 2.07. The van der Waals surface area contributed by atoms with Gasteiger partial charge in [0.05, 0.1) is 6.33 Å². The van der Waals surface area contributed by atoms with Gasteiger partial charge in [0, 0.05) is 45.0 Å². The third-order valence-corrected chi connectivity index (χ3v) is 3.23. The van der Waals surface area contributed by atoms with Gasteiger partial charge in [-0.1, -0.05) is 0 Å². The van der Waals surface area contributed by atoms with Crippen molar-refractivity contribution in [2.75, 3.05) is 20.1 Å². The number of carbonyl (C=O) groups excluding carboxylic acids is 1. The molecule has 0 bridgehead atoms. The van der Waals surface area contributed by atoms with Crippen molar-refractivity contribution in [1.82, 2.24) is 19.8 Å². The maximum absolute atomic E-state index is 11.9. The molecule has 5 nitrogen and oxygen atoms in total. The number of amides is 1. The number of likely N-dealkylation sites (N-methyl/N-ethyl adjacent to an activating group) is 1. The first kappa shape index (κ1) is 12.1. The monoisotopic (exact) mass is 236 g/mol. The van der Waals surface area contributed by atoms with E-state index >= 15 is 0 Å². The van der Waals surface area contributed by atoms with Crippen LogP contribution in [0.2, 0.25) is 0 Å². The van der Waals surface area contributed by atoms with Crippen molar-refractivity contribution in [1.29, 1.82) is 0 Å². The number of aromatic nitrogens is 2. The molecular formula is C12H20N4O. The van der Waals surface area contributed by atoms with E-state index in [1.54, 1.807) is 12.5 Å². The minimum Gasteiger partial charge on any atom is -0.344 e. The number of carbonyl (C=O) groups is 1. The summed E-state index contributed by atoms with van der Waals surface area (Å²) < 4.78 is 1.93. The summed E-state index contributed by atoms with van der Waals surface area (Å²) in [5.41, 5.74) is 0. The largest absolute Gasteiger partial charge is 0.344 e. The number of nitrogens with one attached hydrogen (secondary N) is 1. The lowest BCUT2D eigenvalue weighted by molar-refractivity contribution is -0.130. The highest BCUT2D eigenvalue weighted by Gasteiger charge is 2.18. The molecule has 5 heteroatoms. The van der Waals surface area contributed by atoms with Crippen LogP contribution < -0.4 is 5.32 Å². The van der Waals surface area contributed by atoms with Crippen LogP contribution in [0.4, 0.5) is 0 Å². The predicted molar refractivity (Wildman–Crippen MR) is 65.5 cm³/mol. The van der Waals surface area contributed by atoms with Gasteiger partial charge in [-0.2, -0.15) is 0 Å². The molecule has 1 aromatic heterocycles. The van der Waals surface area contributed by atoms with Gasteiger partial charge in [-0.25, -0.2) is 4.98 Å². The van der Waals surface area contributed by atoms with Crippen LogP contribution in [0.25, 0.3) is 0 Å². The molecule has 1 saturated heterocycles. The van der Waals surface area contributed by atoms with Crippen molar-refractivity contribution in [3.8, 4) is 0 Å². The van der Waals surface area contributed by atoms with E-state index in [4.69, 9.17) is 0 Å². The average molecular weight is 236 g/mol. The molecule has 17 heavy (non-hydrogen) atoms. The van der Waals surface area contributed by atoms with Crippen LogP contribution in [0.3, 0.4) is 0 Å². The second kappa shape index (κ2) is 5.82. The van der Waals surface area contributed by atoms with Gasteiger partial charge in [0.15, 0.2) is 0 Å². The van der Waals surface area contributed by atoms with E-state index in [1.165, 1.54) is 12.8 Å².